The summed E-state index contributed by atoms with van der Waals surface area (Å²) in [7, 11) is 0. The van der Waals surface area contributed by atoms with E-state index >= 15 is 0 Å². The van der Waals surface area contributed by atoms with Gasteiger partial charge >= 0.3 is 0 Å². The van der Waals surface area contributed by atoms with Crippen LogP contribution in [0.1, 0.15) is 37.2 Å². The Bertz CT molecular complexity index is 299. The van der Waals surface area contributed by atoms with Gasteiger partial charge < -0.3 is 0 Å². The summed E-state index contributed by atoms with van der Waals surface area (Å²) in [5, 5.41) is 2.01. The van der Waals surface area contributed by atoms with Crippen molar-refractivity contribution in [3.8, 4) is 0 Å². The van der Waals surface area contributed by atoms with Gasteiger partial charge in [0, 0.05) is 10.4 Å². The first-order valence-electron chi connectivity index (χ1n) is 5.61. The van der Waals surface area contributed by atoms with E-state index in [1.165, 1.54) is 36.6 Å². The zero-order chi connectivity index (χ0) is 10.7. The van der Waals surface area contributed by atoms with Crippen LogP contribution in [0, 0.1) is 5.92 Å². The fourth-order valence-corrected chi connectivity index (χ4v) is 3.16. The lowest BCUT2D eigenvalue weighted by Crippen LogP contribution is -2.14. The predicted octanol–water partition coefficient (Wildman–Crippen LogP) is 5.01. The van der Waals surface area contributed by atoms with E-state index in [1.54, 1.807) is 0 Å². The molecule has 0 unspecified atom stereocenters. The first kappa shape index (κ1) is 11.5. The number of halogens is 2. The minimum absolute atomic E-state index is 0.762. The highest BCUT2D eigenvalue weighted by molar-refractivity contribution is 9.09. The maximum atomic E-state index is 5.89. The van der Waals surface area contributed by atoms with Gasteiger partial charge in [0.05, 0.1) is 0 Å². The molecule has 1 saturated carbocycles. The Morgan fingerprint density at radius 1 is 1.07 bits per heavy atom. The fraction of sp³-hybridized carbons (Fsp3) is 0.538. The van der Waals surface area contributed by atoms with Crippen LogP contribution in [0.5, 0.6) is 0 Å². The zero-order valence-corrected chi connectivity index (χ0v) is 11.1. The largest absolute Gasteiger partial charge is 0.0925 e. The summed E-state index contributed by atoms with van der Waals surface area (Å²) in [6.45, 7) is 0. The predicted molar refractivity (Wildman–Crippen MR) is 69.9 cm³/mol. The number of benzene rings is 1. The molecule has 15 heavy (non-hydrogen) atoms. The molecule has 0 aromatic heterocycles. The Morgan fingerprint density at radius 2 is 1.67 bits per heavy atom. The van der Waals surface area contributed by atoms with Gasteiger partial charge in [0.1, 0.15) is 0 Å². The zero-order valence-electron chi connectivity index (χ0n) is 8.76. The van der Waals surface area contributed by atoms with E-state index in [1.807, 2.05) is 12.1 Å². The summed E-state index contributed by atoms with van der Waals surface area (Å²) in [6, 6.07) is 8.38. The molecular formula is C13H16BrCl. The van der Waals surface area contributed by atoms with Crippen LogP contribution in [0.15, 0.2) is 24.3 Å². The number of rotatable bonds is 2. The normalized spacial score (nSPS) is 26.5. The van der Waals surface area contributed by atoms with Crippen molar-refractivity contribution in [3.63, 3.8) is 0 Å². The van der Waals surface area contributed by atoms with Crippen LogP contribution in [0.25, 0.3) is 0 Å². The van der Waals surface area contributed by atoms with Crippen molar-refractivity contribution in [2.24, 2.45) is 5.92 Å². The summed E-state index contributed by atoms with van der Waals surface area (Å²) >= 11 is 9.47. The SMILES string of the molecule is Clc1ccc([C@H]2CC[C@H](CBr)CC2)cc1. The second-order valence-corrected chi connectivity index (χ2v) is 5.51. The lowest BCUT2D eigenvalue weighted by Gasteiger charge is -2.27. The molecule has 1 aliphatic carbocycles. The Labute approximate surface area is 105 Å². The number of hydrogen-bond acceptors (Lipinski definition) is 0. The average Bonchev–Trinajstić information content (AvgIpc) is 2.30. The molecule has 0 nitrogen and oxygen atoms in total. The molecule has 0 spiro atoms. The van der Waals surface area contributed by atoms with Gasteiger partial charge in [-0.05, 0) is 55.2 Å². The van der Waals surface area contributed by atoms with Crippen molar-refractivity contribution in [2.75, 3.05) is 5.33 Å². The van der Waals surface area contributed by atoms with Gasteiger partial charge in [0.2, 0.25) is 0 Å². The van der Waals surface area contributed by atoms with Crippen LogP contribution in [0.3, 0.4) is 0 Å². The Hall–Kier alpha value is -0.0100. The van der Waals surface area contributed by atoms with Crippen molar-refractivity contribution < 1.29 is 0 Å². The van der Waals surface area contributed by atoms with Crippen LogP contribution < -0.4 is 0 Å². The molecule has 0 bridgehead atoms. The lowest BCUT2D eigenvalue weighted by molar-refractivity contribution is 0.354. The third-order valence-electron chi connectivity index (χ3n) is 3.41. The first-order chi connectivity index (χ1) is 7.29. The van der Waals surface area contributed by atoms with E-state index in [0.29, 0.717) is 0 Å². The maximum Gasteiger partial charge on any atom is 0.0406 e. The van der Waals surface area contributed by atoms with E-state index in [-0.39, 0.29) is 0 Å². The molecular weight excluding hydrogens is 272 g/mol. The van der Waals surface area contributed by atoms with Gasteiger partial charge in [-0.25, -0.2) is 0 Å². The smallest absolute Gasteiger partial charge is 0.0406 e. The molecule has 0 atom stereocenters. The molecule has 82 valence electrons. The highest BCUT2D eigenvalue weighted by Crippen LogP contribution is 2.36. The Balaban J connectivity index is 1.98. The molecule has 0 N–H and O–H groups in total. The van der Waals surface area contributed by atoms with Crippen molar-refractivity contribution in [2.45, 2.75) is 31.6 Å². The van der Waals surface area contributed by atoms with Crippen molar-refractivity contribution in [1.29, 1.82) is 0 Å². The summed E-state index contributed by atoms with van der Waals surface area (Å²) in [4.78, 5) is 0. The lowest BCUT2D eigenvalue weighted by atomic mass is 9.79. The second-order valence-electron chi connectivity index (χ2n) is 4.42. The first-order valence-corrected chi connectivity index (χ1v) is 7.11. The van der Waals surface area contributed by atoms with Gasteiger partial charge in [-0.1, -0.05) is 39.7 Å². The molecule has 0 aliphatic heterocycles. The van der Waals surface area contributed by atoms with Gasteiger partial charge in [-0.15, -0.1) is 0 Å². The van der Waals surface area contributed by atoms with Crippen molar-refractivity contribution >= 4 is 27.5 Å². The fourth-order valence-electron chi connectivity index (χ4n) is 2.39. The van der Waals surface area contributed by atoms with Crippen LogP contribution in [0.4, 0.5) is 0 Å². The van der Waals surface area contributed by atoms with Gasteiger partial charge in [0.25, 0.3) is 0 Å². The molecule has 1 aromatic rings. The van der Waals surface area contributed by atoms with Gasteiger partial charge in [-0.3, -0.25) is 0 Å². The molecule has 2 heteroatoms. The van der Waals surface area contributed by atoms with E-state index in [9.17, 15) is 0 Å². The van der Waals surface area contributed by atoms with Crippen LogP contribution in [0.2, 0.25) is 5.02 Å². The molecule has 0 radical (unpaired) electrons. The summed E-state index contributed by atoms with van der Waals surface area (Å²) in [5.41, 5.74) is 1.47. The highest BCUT2D eigenvalue weighted by atomic mass is 79.9. The highest BCUT2D eigenvalue weighted by Gasteiger charge is 2.21. The van der Waals surface area contributed by atoms with Gasteiger partial charge in [0.15, 0.2) is 0 Å². The molecule has 0 heterocycles. The van der Waals surface area contributed by atoms with Crippen LogP contribution >= 0.6 is 27.5 Å². The molecule has 1 aliphatic rings. The second kappa shape index (κ2) is 5.36. The summed E-state index contributed by atoms with van der Waals surface area (Å²) < 4.78 is 0. The topological polar surface area (TPSA) is 0 Å². The van der Waals surface area contributed by atoms with Gasteiger partial charge in [-0.2, -0.15) is 0 Å². The minimum Gasteiger partial charge on any atom is -0.0925 e. The van der Waals surface area contributed by atoms with E-state index in [4.69, 9.17) is 11.6 Å². The minimum atomic E-state index is 0.762. The van der Waals surface area contributed by atoms with Crippen molar-refractivity contribution in [3.05, 3.63) is 34.9 Å². The molecule has 0 saturated heterocycles. The number of hydrogen-bond donors (Lipinski definition) is 0. The maximum absolute atomic E-state index is 5.89. The standard InChI is InChI=1S/C13H16BrCl/c14-9-10-1-3-11(4-2-10)12-5-7-13(15)8-6-12/h5-8,10-11H,1-4,9H2/t10-,11-. The number of alkyl halides is 1. The Morgan fingerprint density at radius 3 is 2.20 bits per heavy atom. The molecule has 2 rings (SSSR count). The average molecular weight is 288 g/mol. The molecule has 1 aromatic carbocycles. The van der Waals surface area contributed by atoms with Crippen LogP contribution in [-0.2, 0) is 0 Å². The summed E-state index contributed by atoms with van der Waals surface area (Å²) in [6.07, 6.45) is 5.38. The molecule has 1 fully saturated rings. The third-order valence-corrected chi connectivity index (χ3v) is 4.57. The third kappa shape index (κ3) is 2.98. The molecule has 0 amide bonds. The quantitative estimate of drug-likeness (QED) is 0.671. The van der Waals surface area contributed by atoms with Crippen molar-refractivity contribution in [1.82, 2.24) is 0 Å². The monoisotopic (exact) mass is 286 g/mol. The van der Waals surface area contributed by atoms with E-state index in [2.05, 4.69) is 28.1 Å². The summed E-state index contributed by atoms with van der Waals surface area (Å²) in [5.74, 6) is 1.66. The van der Waals surface area contributed by atoms with Crippen LogP contribution in [-0.4, -0.2) is 5.33 Å². The van der Waals surface area contributed by atoms with E-state index in [0.717, 1.165) is 16.9 Å². The van der Waals surface area contributed by atoms with E-state index < -0.39 is 0 Å². The Kier molecular flexibility index (Phi) is 4.10.